The lowest BCUT2D eigenvalue weighted by Crippen LogP contribution is -2.51. The molecule has 6 heteroatoms. The molecule has 1 aromatic carbocycles. The maximum atomic E-state index is 11.8. The van der Waals surface area contributed by atoms with Crippen LogP contribution in [0.25, 0.3) is 0 Å². The summed E-state index contributed by atoms with van der Waals surface area (Å²) < 4.78 is 0.881. The van der Waals surface area contributed by atoms with Gasteiger partial charge in [-0.2, -0.15) is 0 Å². The zero-order valence-electron chi connectivity index (χ0n) is 11.1. The van der Waals surface area contributed by atoms with Gasteiger partial charge in [0.05, 0.1) is 5.92 Å². The molecule has 1 aliphatic heterocycles. The second-order valence-electron chi connectivity index (χ2n) is 4.77. The first-order valence-electron chi connectivity index (χ1n) is 6.69. The SMILES string of the molecule is O=C(NCCCNC(=O)C1CNC1)c1cccc(Br)c1. The number of amides is 2. The molecule has 0 radical (unpaired) electrons. The lowest BCUT2D eigenvalue weighted by atomic mass is 10.0. The molecule has 5 nitrogen and oxygen atoms in total. The highest BCUT2D eigenvalue weighted by Crippen LogP contribution is 2.11. The molecule has 0 atom stereocenters. The second-order valence-corrected chi connectivity index (χ2v) is 5.68. The molecule has 108 valence electrons. The van der Waals surface area contributed by atoms with Crippen molar-refractivity contribution >= 4 is 27.7 Å². The Kier molecular flexibility index (Phi) is 5.55. The Bertz CT molecular complexity index is 489. The minimum atomic E-state index is -0.0965. The third-order valence-electron chi connectivity index (χ3n) is 3.18. The number of carbonyl (C=O) groups is 2. The summed E-state index contributed by atoms with van der Waals surface area (Å²) in [5.41, 5.74) is 0.629. The Morgan fingerprint density at radius 2 is 2.00 bits per heavy atom. The van der Waals surface area contributed by atoms with E-state index in [-0.39, 0.29) is 17.7 Å². The first kappa shape index (κ1) is 15.0. The maximum Gasteiger partial charge on any atom is 0.251 e. The normalized spacial score (nSPS) is 14.4. The van der Waals surface area contributed by atoms with Gasteiger partial charge in [0.2, 0.25) is 5.91 Å². The molecule has 0 spiro atoms. The molecule has 1 aliphatic rings. The molecule has 1 heterocycles. The van der Waals surface area contributed by atoms with Crippen LogP contribution in [0.5, 0.6) is 0 Å². The monoisotopic (exact) mass is 339 g/mol. The van der Waals surface area contributed by atoms with Gasteiger partial charge < -0.3 is 16.0 Å². The van der Waals surface area contributed by atoms with Gasteiger partial charge in [-0.1, -0.05) is 22.0 Å². The van der Waals surface area contributed by atoms with Crippen molar-refractivity contribution in [3.8, 4) is 0 Å². The lowest BCUT2D eigenvalue weighted by Gasteiger charge is -2.25. The Morgan fingerprint density at radius 1 is 1.25 bits per heavy atom. The molecule has 0 aliphatic carbocycles. The van der Waals surface area contributed by atoms with E-state index in [1.54, 1.807) is 12.1 Å². The molecular weight excluding hydrogens is 322 g/mol. The molecule has 1 aromatic rings. The summed E-state index contributed by atoms with van der Waals surface area (Å²) in [6.07, 6.45) is 0.728. The Labute approximate surface area is 126 Å². The van der Waals surface area contributed by atoms with Crippen molar-refractivity contribution in [2.24, 2.45) is 5.92 Å². The van der Waals surface area contributed by atoms with E-state index in [0.29, 0.717) is 18.7 Å². The fraction of sp³-hybridized carbons (Fsp3) is 0.429. The van der Waals surface area contributed by atoms with Crippen molar-refractivity contribution in [1.29, 1.82) is 0 Å². The average molecular weight is 340 g/mol. The maximum absolute atomic E-state index is 11.8. The number of benzene rings is 1. The predicted molar refractivity (Wildman–Crippen MR) is 80.5 cm³/mol. The van der Waals surface area contributed by atoms with Gasteiger partial charge in [-0.05, 0) is 24.6 Å². The van der Waals surface area contributed by atoms with E-state index < -0.39 is 0 Å². The number of halogens is 1. The van der Waals surface area contributed by atoms with Crippen LogP contribution in [-0.2, 0) is 4.79 Å². The Hall–Kier alpha value is -1.40. The van der Waals surface area contributed by atoms with E-state index in [1.807, 2.05) is 12.1 Å². The van der Waals surface area contributed by atoms with Crippen LogP contribution in [0.1, 0.15) is 16.8 Å². The second kappa shape index (κ2) is 7.40. The molecule has 0 bridgehead atoms. The van der Waals surface area contributed by atoms with E-state index in [4.69, 9.17) is 0 Å². The van der Waals surface area contributed by atoms with Crippen molar-refractivity contribution in [2.75, 3.05) is 26.2 Å². The topological polar surface area (TPSA) is 70.2 Å². The van der Waals surface area contributed by atoms with Crippen molar-refractivity contribution in [2.45, 2.75) is 6.42 Å². The van der Waals surface area contributed by atoms with Crippen molar-refractivity contribution in [3.63, 3.8) is 0 Å². The lowest BCUT2D eigenvalue weighted by molar-refractivity contribution is -0.126. The summed E-state index contributed by atoms with van der Waals surface area (Å²) in [5.74, 6) is 0.120. The molecule has 3 N–H and O–H groups in total. The summed E-state index contributed by atoms with van der Waals surface area (Å²) in [5, 5.41) is 8.76. The van der Waals surface area contributed by atoms with Crippen LogP contribution >= 0.6 is 15.9 Å². The van der Waals surface area contributed by atoms with Gasteiger partial charge in [0.1, 0.15) is 0 Å². The smallest absolute Gasteiger partial charge is 0.251 e. The van der Waals surface area contributed by atoms with Crippen LogP contribution in [0.2, 0.25) is 0 Å². The zero-order chi connectivity index (χ0) is 14.4. The number of nitrogens with one attached hydrogen (secondary N) is 3. The molecule has 0 saturated carbocycles. The van der Waals surface area contributed by atoms with Gasteiger partial charge in [0.25, 0.3) is 5.91 Å². The standard InChI is InChI=1S/C14H18BrN3O2/c15-12-4-1-3-10(7-12)13(19)17-5-2-6-18-14(20)11-8-16-9-11/h1,3-4,7,11,16H,2,5-6,8-9H2,(H,17,19)(H,18,20). The largest absolute Gasteiger partial charge is 0.356 e. The summed E-state index contributed by atoms with van der Waals surface area (Å²) in [4.78, 5) is 23.4. The van der Waals surface area contributed by atoms with Crippen LogP contribution < -0.4 is 16.0 Å². The van der Waals surface area contributed by atoms with Crippen molar-refractivity contribution < 1.29 is 9.59 Å². The highest BCUT2D eigenvalue weighted by atomic mass is 79.9. The number of rotatable bonds is 6. The Balaban J connectivity index is 1.61. The quantitative estimate of drug-likeness (QED) is 0.674. The van der Waals surface area contributed by atoms with Crippen molar-refractivity contribution in [3.05, 3.63) is 34.3 Å². The fourth-order valence-corrected chi connectivity index (χ4v) is 2.25. The van der Waals surface area contributed by atoms with Gasteiger partial charge in [0.15, 0.2) is 0 Å². The number of hydrogen-bond acceptors (Lipinski definition) is 3. The highest BCUT2D eigenvalue weighted by Gasteiger charge is 2.23. The predicted octanol–water partition coefficient (Wildman–Crippen LogP) is 0.905. The highest BCUT2D eigenvalue weighted by molar-refractivity contribution is 9.10. The minimum absolute atomic E-state index is 0.0965. The van der Waals surface area contributed by atoms with E-state index in [9.17, 15) is 9.59 Å². The van der Waals surface area contributed by atoms with Crippen LogP contribution in [-0.4, -0.2) is 38.0 Å². The van der Waals surface area contributed by atoms with E-state index >= 15 is 0 Å². The minimum Gasteiger partial charge on any atom is -0.356 e. The van der Waals surface area contributed by atoms with Crippen LogP contribution in [0.4, 0.5) is 0 Å². The van der Waals surface area contributed by atoms with Crippen LogP contribution in [0.3, 0.4) is 0 Å². The fourth-order valence-electron chi connectivity index (χ4n) is 1.85. The summed E-state index contributed by atoms with van der Waals surface area (Å²) in [6.45, 7) is 2.68. The van der Waals surface area contributed by atoms with Gasteiger partial charge in [0, 0.05) is 36.2 Å². The molecule has 1 saturated heterocycles. The van der Waals surface area contributed by atoms with E-state index in [1.165, 1.54) is 0 Å². The van der Waals surface area contributed by atoms with E-state index in [0.717, 1.165) is 24.0 Å². The molecule has 1 fully saturated rings. The third-order valence-corrected chi connectivity index (χ3v) is 3.67. The first-order chi connectivity index (χ1) is 9.66. The van der Waals surface area contributed by atoms with E-state index in [2.05, 4.69) is 31.9 Å². The van der Waals surface area contributed by atoms with Crippen LogP contribution in [0.15, 0.2) is 28.7 Å². The van der Waals surface area contributed by atoms with Gasteiger partial charge in [-0.15, -0.1) is 0 Å². The molecular formula is C14H18BrN3O2. The van der Waals surface area contributed by atoms with Gasteiger partial charge in [-0.3, -0.25) is 9.59 Å². The van der Waals surface area contributed by atoms with Crippen LogP contribution in [0, 0.1) is 5.92 Å². The van der Waals surface area contributed by atoms with Gasteiger partial charge in [-0.25, -0.2) is 0 Å². The zero-order valence-corrected chi connectivity index (χ0v) is 12.7. The molecule has 0 aromatic heterocycles. The Morgan fingerprint density at radius 3 is 2.65 bits per heavy atom. The summed E-state index contributed by atoms with van der Waals surface area (Å²) in [6, 6.07) is 7.25. The summed E-state index contributed by atoms with van der Waals surface area (Å²) in [7, 11) is 0. The first-order valence-corrected chi connectivity index (χ1v) is 7.48. The number of hydrogen-bond donors (Lipinski definition) is 3. The van der Waals surface area contributed by atoms with Crippen molar-refractivity contribution in [1.82, 2.24) is 16.0 Å². The molecule has 20 heavy (non-hydrogen) atoms. The average Bonchev–Trinajstić information content (AvgIpc) is 2.36. The van der Waals surface area contributed by atoms with Gasteiger partial charge >= 0.3 is 0 Å². The molecule has 2 amide bonds. The summed E-state index contributed by atoms with van der Waals surface area (Å²) >= 11 is 3.33. The molecule has 2 rings (SSSR count). The third kappa shape index (κ3) is 4.31. The number of carbonyl (C=O) groups excluding carboxylic acids is 2. The molecule has 0 unspecified atom stereocenters.